The Morgan fingerprint density at radius 3 is 2.71 bits per heavy atom. The van der Waals surface area contributed by atoms with Crippen LogP contribution in [0.15, 0.2) is 70.0 Å². The molecule has 0 spiro atoms. The number of rotatable bonds is 6. The topological polar surface area (TPSA) is 101 Å². The fourth-order valence-electron chi connectivity index (χ4n) is 2.88. The molecule has 7 heteroatoms. The van der Waals surface area contributed by atoms with Gasteiger partial charge in [-0.15, -0.1) is 0 Å². The van der Waals surface area contributed by atoms with E-state index in [9.17, 15) is 9.59 Å². The average molecular weight is 374 g/mol. The zero-order valence-corrected chi connectivity index (χ0v) is 15.0. The molecule has 140 valence electrons. The van der Waals surface area contributed by atoms with Gasteiger partial charge in [0.05, 0.1) is 5.56 Å². The predicted octanol–water partition coefficient (Wildman–Crippen LogP) is 2.83. The second-order valence-corrected chi connectivity index (χ2v) is 6.37. The van der Waals surface area contributed by atoms with Crippen molar-refractivity contribution in [3.63, 3.8) is 0 Å². The summed E-state index contributed by atoms with van der Waals surface area (Å²) in [6, 6.07) is 18.9. The molecule has 0 atom stereocenters. The van der Waals surface area contributed by atoms with Crippen LogP contribution in [0, 0.1) is 0 Å². The molecule has 4 aromatic rings. The highest BCUT2D eigenvalue weighted by molar-refractivity contribution is 5.82. The summed E-state index contributed by atoms with van der Waals surface area (Å²) in [6.45, 7) is 0.473. The minimum Gasteiger partial charge on any atom is -0.352 e. The van der Waals surface area contributed by atoms with Crippen LogP contribution in [0.4, 0.5) is 0 Å². The first-order chi connectivity index (χ1) is 13.7. The van der Waals surface area contributed by atoms with E-state index in [1.54, 1.807) is 6.07 Å². The fourth-order valence-corrected chi connectivity index (χ4v) is 2.88. The number of para-hydroxylation sites is 1. The molecule has 0 fully saturated rings. The number of amides is 1. The van der Waals surface area contributed by atoms with Gasteiger partial charge in [0.25, 0.3) is 5.56 Å². The smallest absolute Gasteiger partial charge is 0.259 e. The summed E-state index contributed by atoms with van der Waals surface area (Å²) in [5.41, 5.74) is 1.83. The molecular formula is C21H18N4O3. The average Bonchev–Trinajstić information content (AvgIpc) is 3.20. The normalized spacial score (nSPS) is 10.9. The van der Waals surface area contributed by atoms with Crippen molar-refractivity contribution in [2.45, 2.75) is 19.4 Å². The minimum atomic E-state index is -0.286. The molecule has 7 nitrogen and oxygen atoms in total. The number of fused-ring (bicyclic) bond motifs is 1. The summed E-state index contributed by atoms with van der Waals surface area (Å²) >= 11 is 0. The zero-order valence-electron chi connectivity index (χ0n) is 15.0. The van der Waals surface area contributed by atoms with Gasteiger partial charge in [0.1, 0.15) is 0 Å². The van der Waals surface area contributed by atoms with E-state index in [1.807, 2.05) is 54.6 Å². The molecule has 0 saturated heterocycles. The maximum absolute atomic E-state index is 12.3. The first-order valence-electron chi connectivity index (χ1n) is 8.95. The van der Waals surface area contributed by atoms with Crippen molar-refractivity contribution >= 4 is 16.8 Å². The van der Waals surface area contributed by atoms with E-state index < -0.39 is 0 Å². The van der Waals surface area contributed by atoms with Gasteiger partial charge in [-0.05, 0) is 23.1 Å². The van der Waals surface area contributed by atoms with Gasteiger partial charge in [0.2, 0.25) is 17.6 Å². The van der Waals surface area contributed by atoms with Crippen molar-refractivity contribution < 1.29 is 9.32 Å². The van der Waals surface area contributed by atoms with Crippen LogP contribution in [0.5, 0.6) is 0 Å². The Kier molecular flexibility index (Phi) is 4.97. The first-order valence-corrected chi connectivity index (χ1v) is 8.95. The Morgan fingerprint density at radius 2 is 1.86 bits per heavy atom. The lowest BCUT2D eigenvalue weighted by Crippen LogP contribution is -2.22. The highest BCUT2D eigenvalue weighted by Crippen LogP contribution is 2.17. The lowest BCUT2D eigenvalue weighted by Gasteiger charge is -2.03. The molecule has 0 aliphatic carbocycles. The second-order valence-electron chi connectivity index (χ2n) is 6.37. The maximum Gasteiger partial charge on any atom is 0.259 e. The number of aromatic nitrogens is 3. The Hall–Kier alpha value is -3.74. The van der Waals surface area contributed by atoms with Crippen LogP contribution in [-0.4, -0.2) is 21.0 Å². The summed E-state index contributed by atoms with van der Waals surface area (Å²) in [5.74, 6) is 0.427. The van der Waals surface area contributed by atoms with Crippen LogP contribution in [0.3, 0.4) is 0 Å². The molecule has 0 radical (unpaired) electrons. The van der Waals surface area contributed by atoms with Crippen LogP contribution < -0.4 is 10.9 Å². The van der Waals surface area contributed by atoms with Gasteiger partial charge in [-0.2, -0.15) is 4.98 Å². The Morgan fingerprint density at radius 1 is 1.07 bits per heavy atom. The third kappa shape index (κ3) is 3.98. The van der Waals surface area contributed by atoms with Crippen LogP contribution in [0.1, 0.15) is 17.9 Å². The van der Waals surface area contributed by atoms with Gasteiger partial charge in [0.15, 0.2) is 0 Å². The number of nitrogens with zero attached hydrogens (tertiary/aromatic N) is 2. The number of aromatic amines is 1. The summed E-state index contributed by atoms with van der Waals surface area (Å²) in [4.78, 5) is 31.4. The predicted molar refractivity (Wildman–Crippen MR) is 104 cm³/mol. The number of carbonyl (C=O) groups is 1. The van der Waals surface area contributed by atoms with Crippen LogP contribution in [-0.2, 0) is 17.8 Å². The third-order valence-corrected chi connectivity index (χ3v) is 4.36. The van der Waals surface area contributed by atoms with E-state index in [0.29, 0.717) is 24.4 Å². The van der Waals surface area contributed by atoms with E-state index in [4.69, 9.17) is 4.52 Å². The summed E-state index contributed by atoms with van der Waals surface area (Å²) in [6.07, 6.45) is 0.529. The van der Waals surface area contributed by atoms with Crippen molar-refractivity contribution in [2.75, 3.05) is 0 Å². The van der Waals surface area contributed by atoms with Crippen molar-refractivity contribution in [1.82, 2.24) is 20.4 Å². The van der Waals surface area contributed by atoms with Crippen LogP contribution >= 0.6 is 0 Å². The molecule has 0 unspecified atom stereocenters. The Labute approximate surface area is 160 Å². The summed E-state index contributed by atoms with van der Waals surface area (Å²) < 4.78 is 5.21. The fraction of sp³-hybridized carbons (Fsp3) is 0.143. The number of benzene rings is 2. The summed E-state index contributed by atoms with van der Waals surface area (Å²) in [5, 5.41) is 7.62. The van der Waals surface area contributed by atoms with Gasteiger partial charge in [-0.1, -0.05) is 53.7 Å². The highest BCUT2D eigenvalue weighted by atomic mass is 16.5. The molecule has 2 heterocycles. The van der Waals surface area contributed by atoms with Crippen molar-refractivity contribution in [2.24, 2.45) is 0 Å². The van der Waals surface area contributed by atoms with E-state index in [0.717, 1.165) is 16.5 Å². The largest absolute Gasteiger partial charge is 0.352 e. The Balaban J connectivity index is 1.40. The number of H-pyrrole nitrogens is 1. The number of pyridine rings is 1. The van der Waals surface area contributed by atoms with Crippen molar-refractivity contribution in [3.8, 4) is 11.4 Å². The molecule has 0 aliphatic rings. The second kappa shape index (κ2) is 7.87. The SMILES string of the molecule is O=C(CCc1nc(-c2cc3ccccc3[nH]c2=O)no1)NCc1ccccc1. The molecule has 0 bridgehead atoms. The van der Waals surface area contributed by atoms with Gasteiger partial charge < -0.3 is 14.8 Å². The molecule has 1 amide bonds. The third-order valence-electron chi connectivity index (χ3n) is 4.36. The molecule has 2 aromatic carbocycles. The van der Waals surface area contributed by atoms with Crippen molar-refractivity contribution in [1.29, 1.82) is 0 Å². The molecule has 28 heavy (non-hydrogen) atoms. The van der Waals surface area contributed by atoms with E-state index in [1.165, 1.54) is 0 Å². The first kappa shape index (κ1) is 17.7. The highest BCUT2D eigenvalue weighted by Gasteiger charge is 2.14. The number of carbonyl (C=O) groups excluding carboxylic acids is 1. The monoisotopic (exact) mass is 374 g/mol. The number of hydrogen-bond donors (Lipinski definition) is 2. The maximum atomic E-state index is 12.3. The number of hydrogen-bond acceptors (Lipinski definition) is 5. The quantitative estimate of drug-likeness (QED) is 0.540. The van der Waals surface area contributed by atoms with E-state index >= 15 is 0 Å². The van der Waals surface area contributed by atoms with E-state index in [2.05, 4.69) is 20.4 Å². The van der Waals surface area contributed by atoms with Crippen LogP contribution in [0.2, 0.25) is 0 Å². The molecule has 0 aliphatic heterocycles. The molecule has 2 aromatic heterocycles. The number of nitrogens with one attached hydrogen (secondary N) is 2. The lowest BCUT2D eigenvalue weighted by molar-refractivity contribution is -0.121. The molecule has 0 saturated carbocycles. The van der Waals surface area contributed by atoms with E-state index in [-0.39, 0.29) is 23.7 Å². The molecule has 2 N–H and O–H groups in total. The lowest BCUT2D eigenvalue weighted by atomic mass is 10.1. The van der Waals surface area contributed by atoms with Gasteiger partial charge >= 0.3 is 0 Å². The number of aryl methyl sites for hydroxylation is 1. The minimum absolute atomic E-state index is 0.104. The van der Waals surface area contributed by atoms with Gasteiger partial charge in [0, 0.05) is 24.9 Å². The van der Waals surface area contributed by atoms with Crippen LogP contribution in [0.25, 0.3) is 22.3 Å². The Bertz CT molecular complexity index is 1160. The van der Waals surface area contributed by atoms with Gasteiger partial charge in [-0.25, -0.2) is 0 Å². The van der Waals surface area contributed by atoms with Gasteiger partial charge in [-0.3, -0.25) is 9.59 Å². The molecular weight excluding hydrogens is 356 g/mol. The standard InChI is InChI=1S/C21H18N4O3/c26-18(22-13-14-6-2-1-3-7-14)10-11-19-24-20(25-28-19)16-12-15-8-4-5-9-17(15)23-21(16)27/h1-9,12H,10-11,13H2,(H,22,26)(H,23,27). The zero-order chi connectivity index (χ0) is 19.3. The summed E-state index contributed by atoms with van der Waals surface area (Å²) in [7, 11) is 0. The van der Waals surface area contributed by atoms with Crippen molar-refractivity contribution in [3.05, 3.63) is 82.5 Å². The molecule has 4 rings (SSSR count).